The molecule has 0 spiro atoms. The van der Waals surface area contributed by atoms with E-state index in [1.165, 1.54) is 0 Å². The van der Waals surface area contributed by atoms with Gasteiger partial charge in [0.15, 0.2) is 0 Å². The molecule has 5 heteroatoms. The lowest BCUT2D eigenvalue weighted by Gasteiger charge is -2.35. The van der Waals surface area contributed by atoms with Crippen LogP contribution in [0.1, 0.15) is 19.8 Å². The number of hydrogen-bond donors (Lipinski definition) is 1. The van der Waals surface area contributed by atoms with Crippen molar-refractivity contribution in [3.8, 4) is 0 Å². The van der Waals surface area contributed by atoms with Crippen molar-refractivity contribution >= 4 is 5.91 Å². The Labute approximate surface area is 111 Å². The molecule has 1 amide bonds. The normalized spacial score (nSPS) is 24.6. The van der Waals surface area contributed by atoms with Gasteiger partial charge in [-0.15, -0.1) is 0 Å². The van der Waals surface area contributed by atoms with Gasteiger partial charge in [0.2, 0.25) is 5.91 Å². The second-order valence-electron chi connectivity index (χ2n) is 5.58. The number of nitrogens with two attached hydrogens (primary N) is 1. The quantitative estimate of drug-likeness (QED) is 0.758. The average Bonchev–Trinajstić information content (AvgIpc) is 2.46. The first-order valence-electron chi connectivity index (χ1n) is 6.80. The van der Waals surface area contributed by atoms with Crippen molar-refractivity contribution in [2.45, 2.75) is 31.8 Å². The van der Waals surface area contributed by atoms with E-state index >= 15 is 0 Å². The lowest BCUT2D eigenvalue weighted by atomic mass is 10.1. The molecule has 1 rings (SSSR count). The maximum Gasteiger partial charge on any atom is 0.223 e. The molecule has 0 aliphatic carbocycles. The van der Waals surface area contributed by atoms with E-state index in [1.54, 1.807) is 19.0 Å². The summed E-state index contributed by atoms with van der Waals surface area (Å²) in [5.41, 5.74) is 5.87. The highest BCUT2D eigenvalue weighted by atomic mass is 16.2. The van der Waals surface area contributed by atoms with Gasteiger partial charge in [0.05, 0.1) is 0 Å². The fraction of sp³-hybridized carbons (Fsp3) is 0.923. The van der Waals surface area contributed by atoms with Crippen molar-refractivity contribution in [1.82, 2.24) is 14.7 Å². The third-order valence-electron chi connectivity index (χ3n) is 3.75. The predicted molar refractivity (Wildman–Crippen MR) is 74.4 cm³/mol. The van der Waals surface area contributed by atoms with E-state index in [0.29, 0.717) is 19.0 Å². The Balaban J connectivity index is 2.65. The molecule has 0 saturated carbocycles. The van der Waals surface area contributed by atoms with Crippen LogP contribution >= 0.6 is 0 Å². The molecule has 0 aromatic heterocycles. The van der Waals surface area contributed by atoms with Crippen LogP contribution in [0.4, 0.5) is 0 Å². The number of hydrogen-bond acceptors (Lipinski definition) is 4. The van der Waals surface area contributed by atoms with E-state index in [2.05, 4.69) is 23.8 Å². The van der Waals surface area contributed by atoms with Gasteiger partial charge in [-0.25, -0.2) is 0 Å². The van der Waals surface area contributed by atoms with Crippen LogP contribution in [0.3, 0.4) is 0 Å². The predicted octanol–water partition coefficient (Wildman–Crippen LogP) is -0.182. The minimum Gasteiger partial charge on any atom is -0.349 e. The smallest absolute Gasteiger partial charge is 0.223 e. The van der Waals surface area contributed by atoms with E-state index in [-0.39, 0.29) is 11.9 Å². The number of carbonyl (C=O) groups is 1. The molecule has 18 heavy (non-hydrogen) atoms. The first-order chi connectivity index (χ1) is 8.45. The van der Waals surface area contributed by atoms with Crippen LogP contribution in [0.15, 0.2) is 0 Å². The first-order valence-corrected chi connectivity index (χ1v) is 6.80. The van der Waals surface area contributed by atoms with Crippen LogP contribution in [0.25, 0.3) is 0 Å². The topological polar surface area (TPSA) is 52.8 Å². The zero-order chi connectivity index (χ0) is 13.7. The molecule has 0 radical (unpaired) electrons. The highest BCUT2D eigenvalue weighted by molar-refractivity contribution is 5.76. The Morgan fingerprint density at radius 1 is 1.44 bits per heavy atom. The van der Waals surface area contributed by atoms with Gasteiger partial charge in [-0.1, -0.05) is 0 Å². The second kappa shape index (κ2) is 7.07. The third-order valence-corrected chi connectivity index (χ3v) is 3.75. The van der Waals surface area contributed by atoms with Crippen LogP contribution in [0.2, 0.25) is 0 Å². The Hall–Kier alpha value is -0.650. The fourth-order valence-electron chi connectivity index (χ4n) is 2.65. The molecule has 0 bridgehead atoms. The summed E-state index contributed by atoms with van der Waals surface area (Å²) in [6.45, 7) is 5.98. The Bertz CT molecular complexity index is 270. The fourth-order valence-corrected chi connectivity index (χ4v) is 2.65. The minimum absolute atomic E-state index is 0.162. The third kappa shape index (κ3) is 4.23. The molecule has 2 N–H and O–H groups in total. The minimum atomic E-state index is 0.162. The van der Waals surface area contributed by atoms with Crippen molar-refractivity contribution < 1.29 is 4.79 Å². The standard InChI is InChI=1S/C13H28N4O/c1-11-10-16(4)6-5-7-17(11)12(9-14)8-13(18)15(2)3/h11-12H,5-10,14H2,1-4H3. The molecule has 0 aromatic carbocycles. The number of amides is 1. The van der Waals surface area contributed by atoms with E-state index in [4.69, 9.17) is 5.73 Å². The summed E-state index contributed by atoms with van der Waals surface area (Å²) in [4.78, 5) is 18.3. The molecule has 1 fully saturated rings. The van der Waals surface area contributed by atoms with Crippen molar-refractivity contribution in [2.75, 3.05) is 47.3 Å². The maximum atomic E-state index is 11.8. The second-order valence-corrected chi connectivity index (χ2v) is 5.58. The van der Waals surface area contributed by atoms with E-state index in [1.807, 2.05) is 0 Å². The highest BCUT2D eigenvalue weighted by Crippen LogP contribution is 2.14. The van der Waals surface area contributed by atoms with Gasteiger partial charge in [-0.2, -0.15) is 0 Å². The molecule has 1 aliphatic rings. The Morgan fingerprint density at radius 2 is 2.11 bits per heavy atom. The number of nitrogens with zero attached hydrogens (tertiary/aromatic N) is 3. The van der Waals surface area contributed by atoms with Gasteiger partial charge in [-0.3, -0.25) is 9.69 Å². The maximum absolute atomic E-state index is 11.8. The summed E-state index contributed by atoms with van der Waals surface area (Å²) in [5.74, 6) is 0.162. The van der Waals surface area contributed by atoms with Gasteiger partial charge >= 0.3 is 0 Å². The zero-order valence-corrected chi connectivity index (χ0v) is 12.2. The number of likely N-dealkylation sites (N-methyl/N-ethyl adjacent to an activating group) is 1. The lowest BCUT2D eigenvalue weighted by molar-refractivity contribution is -0.130. The van der Waals surface area contributed by atoms with Crippen LogP contribution in [0, 0.1) is 0 Å². The summed E-state index contributed by atoms with van der Waals surface area (Å²) >= 11 is 0. The van der Waals surface area contributed by atoms with Crippen LogP contribution in [-0.4, -0.2) is 80.0 Å². The van der Waals surface area contributed by atoms with Crippen molar-refractivity contribution in [2.24, 2.45) is 5.73 Å². The largest absolute Gasteiger partial charge is 0.349 e. The number of rotatable bonds is 4. The van der Waals surface area contributed by atoms with Gasteiger partial charge in [0, 0.05) is 52.2 Å². The lowest BCUT2D eigenvalue weighted by Crippen LogP contribution is -2.49. The number of carbonyl (C=O) groups excluding carboxylic acids is 1. The van der Waals surface area contributed by atoms with Crippen molar-refractivity contribution in [3.63, 3.8) is 0 Å². The summed E-state index contributed by atoms with van der Waals surface area (Å²) in [6, 6.07) is 0.627. The summed E-state index contributed by atoms with van der Waals surface area (Å²) in [5, 5.41) is 0. The van der Waals surface area contributed by atoms with Crippen LogP contribution in [0.5, 0.6) is 0 Å². The molecule has 106 valence electrons. The summed E-state index contributed by atoms with van der Waals surface area (Å²) in [7, 11) is 5.76. The Morgan fingerprint density at radius 3 is 2.67 bits per heavy atom. The van der Waals surface area contributed by atoms with Gasteiger partial charge < -0.3 is 15.5 Å². The molecule has 2 atom stereocenters. The summed E-state index contributed by atoms with van der Waals surface area (Å²) < 4.78 is 0. The van der Waals surface area contributed by atoms with Crippen molar-refractivity contribution in [3.05, 3.63) is 0 Å². The first kappa shape index (κ1) is 15.4. The highest BCUT2D eigenvalue weighted by Gasteiger charge is 2.27. The van der Waals surface area contributed by atoms with Gasteiger partial charge in [0.1, 0.15) is 0 Å². The van der Waals surface area contributed by atoms with Crippen LogP contribution < -0.4 is 5.73 Å². The van der Waals surface area contributed by atoms with Crippen molar-refractivity contribution in [1.29, 1.82) is 0 Å². The monoisotopic (exact) mass is 256 g/mol. The average molecular weight is 256 g/mol. The molecule has 0 aromatic rings. The van der Waals surface area contributed by atoms with Crippen LogP contribution in [-0.2, 0) is 4.79 Å². The SMILES string of the molecule is CC1CN(C)CCCN1C(CN)CC(=O)N(C)C. The molecule has 5 nitrogen and oxygen atoms in total. The molecule has 2 unspecified atom stereocenters. The molecule has 1 saturated heterocycles. The molecule has 1 aliphatic heterocycles. The van der Waals surface area contributed by atoms with E-state index in [0.717, 1.165) is 26.1 Å². The Kier molecular flexibility index (Phi) is 6.05. The van der Waals surface area contributed by atoms with Gasteiger partial charge in [0.25, 0.3) is 0 Å². The van der Waals surface area contributed by atoms with E-state index in [9.17, 15) is 4.79 Å². The molecular weight excluding hydrogens is 228 g/mol. The molecule has 1 heterocycles. The zero-order valence-electron chi connectivity index (χ0n) is 12.2. The van der Waals surface area contributed by atoms with E-state index < -0.39 is 0 Å². The van der Waals surface area contributed by atoms with Gasteiger partial charge in [-0.05, 0) is 26.9 Å². The molecular formula is C13H28N4O. The summed E-state index contributed by atoms with van der Waals surface area (Å²) in [6.07, 6.45) is 1.67.